The normalized spacial score (nSPS) is 14.2. The average Bonchev–Trinajstić information content (AvgIpc) is 2.98. The lowest BCUT2D eigenvalue weighted by atomic mass is 10.0. The number of hydrogen-bond acceptors (Lipinski definition) is 10. The van der Waals surface area contributed by atoms with Gasteiger partial charge in [-0.25, -0.2) is 14.6 Å². The summed E-state index contributed by atoms with van der Waals surface area (Å²) in [7, 11) is 2.45. The molecule has 0 radical (unpaired) electrons. The first-order valence-corrected chi connectivity index (χ1v) is 8.29. The van der Waals surface area contributed by atoms with Crippen LogP contribution in [0.1, 0.15) is 33.4 Å². The third-order valence-electron chi connectivity index (χ3n) is 2.82. The van der Waals surface area contributed by atoms with E-state index >= 15 is 0 Å². The number of carbonyl (C=O) groups excluding carboxylic acids is 3. The summed E-state index contributed by atoms with van der Waals surface area (Å²) in [5.41, 5.74) is 3.06. The molecule has 3 N–H and O–H groups in total. The van der Waals surface area contributed by atoms with E-state index < -0.39 is 29.0 Å². The minimum absolute atomic E-state index is 0.109. The van der Waals surface area contributed by atoms with E-state index in [1.807, 2.05) is 0 Å². The number of rotatable bonds is 6. The van der Waals surface area contributed by atoms with Crippen LogP contribution in [0.3, 0.4) is 0 Å². The van der Waals surface area contributed by atoms with E-state index in [1.165, 1.54) is 26.5 Å². The molecule has 0 saturated heterocycles. The highest BCUT2D eigenvalue weighted by Crippen LogP contribution is 2.19. The number of nitrogens with one attached hydrogen (secondary N) is 1. The topological polar surface area (TPSA) is 142 Å². The van der Waals surface area contributed by atoms with E-state index in [0.717, 1.165) is 11.3 Å². The third kappa shape index (κ3) is 5.49. The Morgan fingerprint density at radius 1 is 1.23 bits per heavy atom. The number of anilines is 1. The lowest BCUT2D eigenvalue weighted by Gasteiger charge is -2.27. The minimum atomic E-state index is -1.93. The predicted molar refractivity (Wildman–Crippen MR) is 94.7 cm³/mol. The number of esters is 2. The second-order valence-corrected chi connectivity index (χ2v) is 7.17. The summed E-state index contributed by atoms with van der Waals surface area (Å²) in [5.74, 6) is -2.45. The minimum Gasteiger partial charge on any atom is -0.464 e. The molecule has 0 aliphatic carbocycles. The van der Waals surface area contributed by atoms with Crippen LogP contribution in [0.2, 0.25) is 0 Å². The molecule has 1 amide bonds. The van der Waals surface area contributed by atoms with Crippen molar-refractivity contribution in [3.05, 3.63) is 11.1 Å². The Morgan fingerprint density at radius 3 is 2.35 bits per heavy atom. The highest BCUT2D eigenvalue weighted by Gasteiger charge is 2.41. The van der Waals surface area contributed by atoms with Gasteiger partial charge in [0.2, 0.25) is 5.71 Å². The van der Waals surface area contributed by atoms with Crippen LogP contribution < -0.4 is 11.1 Å². The van der Waals surface area contributed by atoms with E-state index in [2.05, 4.69) is 25.0 Å². The Hall–Kier alpha value is -2.53. The van der Waals surface area contributed by atoms with Gasteiger partial charge in [0.1, 0.15) is 18.4 Å². The smallest absolute Gasteiger partial charge is 0.362 e. The van der Waals surface area contributed by atoms with Gasteiger partial charge in [0.15, 0.2) is 10.7 Å². The first kappa shape index (κ1) is 21.5. The monoisotopic (exact) mass is 386 g/mol. The van der Waals surface area contributed by atoms with Crippen LogP contribution in [0, 0.1) is 0 Å². The number of aromatic nitrogens is 1. The summed E-state index contributed by atoms with van der Waals surface area (Å²) >= 11 is 1.01. The fourth-order valence-corrected chi connectivity index (χ4v) is 2.21. The number of carbonyl (C=O) groups is 3. The zero-order chi connectivity index (χ0) is 20.1. The zero-order valence-corrected chi connectivity index (χ0v) is 16.2. The second-order valence-electron chi connectivity index (χ2n) is 6.31. The van der Waals surface area contributed by atoms with Crippen LogP contribution in [0.15, 0.2) is 10.5 Å². The Bertz CT molecular complexity index is 720. The molecule has 144 valence electrons. The van der Waals surface area contributed by atoms with Crippen LogP contribution >= 0.6 is 11.3 Å². The Kier molecular flexibility index (Phi) is 6.81. The number of ether oxygens (including phenoxy) is 2. The molecule has 0 aliphatic heterocycles. The molecule has 0 bridgehead atoms. The highest BCUT2D eigenvalue weighted by atomic mass is 32.1. The Morgan fingerprint density at radius 2 is 1.85 bits per heavy atom. The molecule has 0 saturated carbocycles. The van der Waals surface area contributed by atoms with Gasteiger partial charge in [-0.1, -0.05) is 5.16 Å². The highest BCUT2D eigenvalue weighted by molar-refractivity contribution is 7.14. The van der Waals surface area contributed by atoms with Crippen molar-refractivity contribution in [2.75, 3.05) is 19.5 Å². The molecule has 0 aliphatic rings. The van der Waals surface area contributed by atoms with Gasteiger partial charge in [-0.3, -0.25) is 10.1 Å². The molecule has 1 aromatic rings. The predicted octanol–water partition coefficient (Wildman–Crippen LogP) is 0.664. The first-order chi connectivity index (χ1) is 11.9. The van der Waals surface area contributed by atoms with Gasteiger partial charge in [-0.05, 0) is 27.7 Å². The van der Waals surface area contributed by atoms with Crippen molar-refractivity contribution in [3.8, 4) is 0 Å². The lowest BCUT2D eigenvalue weighted by molar-refractivity contribution is -0.162. The summed E-state index contributed by atoms with van der Waals surface area (Å²) in [5, 5.41) is 7.54. The van der Waals surface area contributed by atoms with E-state index in [0.29, 0.717) is 0 Å². The number of hydrogen-bond donors (Lipinski definition) is 2. The molecule has 1 aromatic heterocycles. The molecule has 10 nitrogen and oxygen atoms in total. The van der Waals surface area contributed by atoms with Crippen molar-refractivity contribution < 1.29 is 28.7 Å². The van der Waals surface area contributed by atoms with Gasteiger partial charge >= 0.3 is 11.9 Å². The Balaban J connectivity index is 2.95. The van der Waals surface area contributed by atoms with Crippen LogP contribution in [-0.2, 0) is 28.7 Å². The number of oxime groups is 1. The lowest BCUT2D eigenvalue weighted by Crippen LogP contribution is -2.57. The van der Waals surface area contributed by atoms with Crippen LogP contribution in [0.25, 0.3) is 0 Å². The number of amides is 1. The van der Waals surface area contributed by atoms with Crippen molar-refractivity contribution >= 4 is 40.0 Å². The average molecular weight is 386 g/mol. The standard InChI is InChI=1S/C15H22N4O6S/c1-14(2,3)25-12(22)15(4,16)11(21)18-13-17-8(7-26-13)9(19-24-6)10(20)23-5/h7H,16H2,1-6H3,(H,17,18,21)/b19-9-/t15-/m0/s1. The Labute approximate surface area is 154 Å². The summed E-state index contributed by atoms with van der Waals surface area (Å²) in [6, 6.07) is 0. The maximum absolute atomic E-state index is 12.3. The molecular formula is C15H22N4O6S. The van der Waals surface area contributed by atoms with Crippen LogP contribution in [-0.4, -0.2) is 53.9 Å². The van der Waals surface area contributed by atoms with Crippen molar-refractivity contribution in [3.63, 3.8) is 0 Å². The molecule has 0 fully saturated rings. The fraction of sp³-hybridized carbons (Fsp3) is 0.533. The molecule has 26 heavy (non-hydrogen) atoms. The number of thiazole rings is 1. The molecule has 0 spiro atoms. The summed E-state index contributed by atoms with van der Waals surface area (Å²) < 4.78 is 9.73. The first-order valence-electron chi connectivity index (χ1n) is 7.41. The molecular weight excluding hydrogens is 364 g/mol. The quantitative estimate of drug-likeness (QED) is 0.314. The molecule has 1 rings (SSSR count). The van der Waals surface area contributed by atoms with Crippen molar-refractivity contribution in [1.82, 2.24) is 4.98 Å². The fourth-order valence-electron chi connectivity index (χ4n) is 1.52. The largest absolute Gasteiger partial charge is 0.464 e. The summed E-state index contributed by atoms with van der Waals surface area (Å²) in [4.78, 5) is 44.8. The molecule has 1 heterocycles. The number of methoxy groups -OCH3 is 1. The van der Waals surface area contributed by atoms with E-state index in [9.17, 15) is 14.4 Å². The van der Waals surface area contributed by atoms with E-state index in [-0.39, 0.29) is 16.5 Å². The van der Waals surface area contributed by atoms with Gasteiger partial charge in [-0.2, -0.15) is 0 Å². The number of nitrogens with two attached hydrogens (primary N) is 1. The van der Waals surface area contributed by atoms with Gasteiger partial charge in [0.05, 0.1) is 7.11 Å². The van der Waals surface area contributed by atoms with Crippen LogP contribution in [0.5, 0.6) is 0 Å². The second kappa shape index (κ2) is 8.23. The van der Waals surface area contributed by atoms with Crippen LogP contribution in [0.4, 0.5) is 5.13 Å². The summed E-state index contributed by atoms with van der Waals surface area (Å²) in [6.07, 6.45) is 0. The van der Waals surface area contributed by atoms with E-state index in [1.54, 1.807) is 20.8 Å². The molecule has 0 aromatic carbocycles. The summed E-state index contributed by atoms with van der Waals surface area (Å²) in [6.45, 7) is 6.22. The van der Waals surface area contributed by atoms with Gasteiger partial charge in [0.25, 0.3) is 5.91 Å². The SMILES string of the molecule is CO/N=C(\C(=O)OC)c1csc(NC(=O)[C@](C)(N)C(=O)OC(C)(C)C)n1. The van der Waals surface area contributed by atoms with Crippen molar-refractivity contribution in [2.45, 2.75) is 38.8 Å². The van der Waals surface area contributed by atoms with Gasteiger partial charge < -0.3 is 20.0 Å². The maximum Gasteiger partial charge on any atom is 0.362 e. The zero-order valence-electron chi connectivity index (χ0n) is 15.4. The van der Waals surface area contributed by atoms with E-state index in [4.69, 9.17) is 10.5 Å². The van der Waals surface area contributed by atoms with Gasteiger partial charge in [0, 0.05) is 5.38 Å². The molecule has 1 atom stereocenters. The van der Waals surface area contributed by atoms with Crippen molar-refractivity contribution in [1.29, 1.82) is 0 Å². The number of nitrogens with zero attached hydrogens (tertiary/aromatic N) is 2. The molecule has 0 unspecified atom stereocenters. The third-order valence-corrected chi connectivity index (χ3v) is 3.58. The molecule has 11 heteroatoms. The van der Waals surface area contributed by atoms with Gasteiger partial charge in [-0.15, -0.1) is 11.3 Å². The maximum atomic E-state index is 12.3. The van der Waals surface area contributed by atoms with Crippen molar-refractivity contribution in [2.24, 2.45) is 10.9 Å².